The van der Waals surface area contributed by atoms with Crippen LogP contribution in [0, 0.1) is 0 Å². The zero-order valence-electron chi connectivity index (χ0n) is 17.7. The van der Waals surface area contributed by atoms with Crippen LogP contribution in [0.1, 0.15) is 6.42 Å². The third-order valence-electron chi connectivity index (χ3n) is 4.85. The second kappa shape index (κ2) is 11.3. The lowest BCUT2D eigenvalue weighted by Crippen LogP contribution is -2.37. The van der Waals surface area contributed by atoms with E-state index >= 15 is 0 Å². The molecular weight excluding hydrogens is 462 g/mol. The van der Waals surface area contributed by atoms with Crippen LogP contribution in [-0.4, -0.2) is 49.5 Å². The van der Waals surface area contributed by atoms with Gasteiger partial charge in [0.15, 0.2) is 0 Å². The van der Waals surface area contributed by atoms with Gasteiger partial charge in [0.05, 0.1) is 11.8 Å². The molecule has 3 aromatic rings. The normalized spacial score (nSPS) is 12.3. The van der Waals surface area contributed by atoms with E-state index in [1.54, 1.807) is 30.3 Å². The highest BCUT2D eigenvalue weighted by Gasteiger charge is 2.22. The molecule has 0 saturated heterocycles. The number of rotatable bonds is 11. The molecule has 1 atom stereocenters. The SMILES string of the molecule is NCC(=O)CC(Sc1ccccc1)C(=O)NCCNc1cccc2c(S(=O)(=O)O)cccc12. The molecule has 0 aromatic heterocycles. The lowest BCUT2D eigenvalue weighted by molar-refractivity contribution is -0.124. The first-order valence-electron chi connectivity index (χ1n) is 10.2. The van der Waals surface area contributed by atoms with Crippen molar-refractivity contribution in [3.63, 3.8) is 0 Å². The molecule has 0 aliphatic heterocycles. The Morgan fingerprint density at radius 1 is 0.939 bits per heavy atom. The van der Waals surface area contributed by atoms with Crippen molar-refractivity contribution in [2.45, 2.75) is 21.5 Å². The monoisotopic (exact) mass is 487 g/mol. The van der Waals surface area contributed by atoms with E-state index in [1.165, 1.54) is 17.8 Å². The maximum atomic E-state index is 12.7. The fraction of sp³-hybridized carbons (Fsp3) is 0.217. The molecule has 3 aromatic carbocycles. The van der Waals surface area contributed by atoms with E-state index in [2.05, 4.69) is 10.6 Å². The predicted molar refractivity (Wildman–Crippen MR) is 130 cm³/mol. The number of anilines is 1. The highest BCUT2D eigenvalue weighted by molar-refractivity contribution is 8.00. The first-order valence-corrected chi connectivity index (χ1v) is 12.6. The molecule has 0 bridgehead atoms. The summed E-state index contributed by atoms with van der Waals surface area (Å²) in [6.45, 7) is 0.539. The van der Waals surface area contributed by atoms with Gasteiger partial charge in [0, 0.05) is 40.9 Å². The minimum absolute atomic E-state index is 0.0387. The smallest absolute Gasteiger partial charge is 0.295 e. The summed E-state index contributed by atoms with van der Waals surface area (Å²) in [5, 5.41) is 6.44. The fourth-order valence-electron chi connectivity index (χ4n) is 3.30. The number of carbonyl (C=O) groups is 2. The Labute approximate surface area is 196 Å². The summed E-state index contributed by atoms with van der Waals surface area (Å²) < 4.78 is 32.7. The number of hydrogen-bond donors (Lipinski definition) is 4. The number of nitrogens with two attached hydrogens (primary N) is 1. The van der Waals surface area contributed by atoms with Crippen LogP contribution in [0.4, 0.5) is 5.69 Å². The molecule has 0 heterocycles. The summed E-state index contributed by atoms with van der Waals surface area (Å²) in [6, 6.07) is 19.1. The summed E-state index contributed by atoms with van der Waals surface area (Å²) in [6.07, 6.45) is 0.0387. The Hall–Kier alpha value is -2.92. The zero-order chi connectivity index (χ0) is 23.8. The topological polar surface area (TPSA) is 139 Å². The van der Waals surface area contributed by atoms with E-state index < -0.39 is 15.4 Å². The van der Waals surface area contributed by atoms with Gasteiger partial charge in [-0.25, -0.2) is 0 Å². The van der Waals surface area contributed by atoms with Gasteiger partial charge in [0.2, 0.25) is 5.91 Å². The molecule has 0 aliphatic carbocycles. The van der Waals surface area contributed by atoms with Crippen molar-refractivity contribution in [1.29, 1.82) is 0 Å². The molecule has 33 heavy (non-hydrogen) atoms. The van der Waals surface area contributed by atoms with Crippen molar-refractivity contribution in [1.82, 2.24) is 5.32 Å². The fourth-order valence-corrected chi connectivity index (χ4v) is 5.11. The summed E-state index contributed by atoms with van der Waals surface area (Å²) in [5.74, 6) is -0.457. The maximum Gasteiger partial charge on any atom is 0.295 e. The van der Waals surface area contributed by atoms with E-state index in [0.717, 1.165) is 4.90 Å². The quantitative estimate of drug-likeness (QED) is 0.184. The number of carbonyl (C=O) groups excluding carboxylic acids is 2. The van der Waals surface area contributed by atoms with E-state index in [-0.39, 0.29) is 36.1 Å². The average Bonchev–Trinajstić information content (AvgIpc) is 2.80. The molecular formula is C23H25N3O5S2. The lowest BCUT2D eigenvalue weighted by atomic mass is 10.1. The van der Waals surface area contributed by atoms with Gasteiger partial charge >= 0.3 is 0 Å². The van der Waals surface area contributed by atoms with Crippen molar-refractivity contribution in [3.8, 4) is 0 Å². The minimum Gasteiger partial charge on any atom is -0.383 e. The number of hydrogen-bond acceptors (Lipinski definition) is 7. The van der Waals surface area contributed by atoms with E-state index in [1.807, 2.05) is 30.3 Å². The van der Waals surface area contributed by atoms with Crippen LogP contribution in [0.5, 0.6) is 0 Å². The maximum absolute atomic E-state index is 12.7. The Kier molecular flexibility index (Phi) is 8.45. The van der Waals surface area contributed by atoms with Crippen molar-refractivity contribution < 1.29 is 22.6 Å². The number of Topliss-reactive ketones (excluding diaryl/α,β-unsaturated/α-hetero) is 1. The first kappa shape index (κ1) is 24.7. The lowest BCUT2D eigenvalue weighted by Gasteiger charge is -2.16. The molecule has 0 radical (unpaired) electrons. The third kappa shape index (κ3) is 6.78. The number of thioether (sulfide) groups is 1. The van der Waals surface area contributed by atoms with Gasteiger partial charge in [-0.2, -0.15) is 8.42 Å². The molecule has 1 amide bonds. The number of benzene rings is 3. The van der Waals surface area contributed by atoms with Gasteiger partial charge < -0.3 is 16.4 Å². The number of amides is 1. The Morgan fingerprint density at radius 2 is 1.64 bits per heavy atom. The molecule has 8 nitrogen and oxygen atoms in total. The van der Waals surface area contributed by atoms with Gasteiger partial charge in [-0.05, 0) is 24.3 Å². The van der Waals surface area contributed by atoms with Crippen LogP contribution in [0.3, 0.4) is 0 Å². The van der Waals surface area contributed by atoms with Crippen molar-refractivity contribution >= 4 is 50.0 Å². The van der Waals surface area contributed by atoms with Crippen LogP contribution in [0.2, 0.25) is 0 Å². The van der Waals surface area contributed by atoms with Crippen LogP contribution < -0.4 is 16.4 Å². The highest BCUT2D eigenvalue weighted by atomic mass is 32.2. The summed E-state index contributed by atoms with van der Waals surface area (Å²) >= 11 is 1.31. The molecule has 174 valence electrons. The first-order chi connectivity index (χ1) is 15.8. The molecule has 0 aliphatic rings. The average molecular weight is 488 g/mol. The molecule has 1 unspecified atom stereocenters. The van der Waals surface area contributed by atoms with E-state index in [4.69, 9.17) is 5.73 Å². The van der Waals surface area contributed by atoms with E-state index in [9.17, 15) is 22.6 Å². The van der Waals surface area contributed by atoms with Crippen LogP contribution >= 0.6 is 11.8 Å². The van der Waals surface area contributed by atoms with Gasteiger partial charge in [0.1, 0.15) is 10.7 Å². The van der Waals surface area contributed by atoms with Gasteiger partial charge in [-0.3, -0.25) is 14.1 Å². The molecule has 0 fully saturated rings. The molecule has 0 spiro atoms. The standard InChI is InChI=1S/C23H25N3O5S2/c24-15-16(27)14-21(32-17-6-2-1-3-7-17)23(28)26-13-12-25-20-10-4-9-19-18(20)8-5-11-22(19)33(29,30)31/h1-11,21,25H,12-15,24H2,(H,26,28)(H,29,30,31). The highest BCUT2D eigenvalue weighted by Crippen LogP contribution is 2.29. The van der Waals surface area contributed by atoms with Gasteiger partial charge in [-0.1, -0.05) is 42.5 Å². The largest absolute Gasteiger partial charge is 0.383 e. The van der Waals surface area contributed by atoms with E-state index in [0.29, 0.717) is 23.0 Å². The van der Waals surface area contributed by atoms with Crippen molar-refractivity contribution in [3.05, 3.63) is 66.7 Å². The zero-order valence-corrected chi connectivity index (χ0v) is 19.4. The Balaban J connectivity index is 1.63. The Bertz CT molecular complexity index is 1230. The summed E-state index contributed by atoms with van der Waals surface area (Å²) in [4.78, 5) is 25.3. The van der Waals surface area contributed by atoms with Crippen LogP contribution in [-0.2, 0) is 19.7 Å². The molecule has 0 saturated carbocycles. The minimum atomic E-state index is -4.35. The molecule has 3 rings (SSSR count). The second-order valence-electron chi connectivity index (χ2n) is 7.22. The summed E-state index contributed by atoms with van der Waals surface area (Å²) in [5.41, 5.74) is 6.10. The second-order valence-corrected chi connectivity index (χ2v) is 9.88. The van der Waals surface area contributed by atoms with Gasteiger partial charge in [0.25, 0.3) is 10.1 Å². The number of fused-ring (bicyclic) bond motifs is 1. The summed E-state index contributed by atoms with van der Waals surface area (Å²) in [7, 11) is -4.35. The number of ketones is 1. The third-order valence-corrected chi connectivity index (χ3v) is 6.98. The van der Waals surface area contributed by atoms with Crippen LogP contribution in [0.25, 0.3) is 10.8 Å². The predicted octanol–water partition coefficient (Wildman–Crippen LogP) is 2.69. The van der Waals surface area contributed by atoms with Crippen molar-refractivity contribution in [2.24, 2.45) is 5.73 Å². The van der Waals surface area contributed by atoms with Crippen LogP contribution in [0.15, 0.2) is 76.5 Å². The Morgan fingerprint density at radius 3 is 2.33 bits per heavy atom. The molecule has 5 N–H and O–H groups in total. The molecule has 10 heteroatoms. The van der Waals surface area contributed by atoms with Crippen molar-refractivity contribution in [2.75, 3.05) is 25.0 Å². The van der Waals surface area contributed by atoms with Gasteiger partial charge in [-0.15, -0.1) is 11.8 Å². The number of nitrogens with one attached hydrogen (secondary N) is 2.